The predicted octanol–water partition coefficient (Wildman–Crippen LogP) is 3.90. The highest BCUT2D eigenvalue weighted by atomic mass is 127. The first-order valence-electron chi connectivity index (χ1n) is 7.69. The van der Waals surface area contributed by atoms with E-state index in [9.17, 15) is 4.39 Å². The van der Waals surface area contributed by atoms with E-state index in [4.69, 9.17) is 10.5 Å². The molecule has 25 heavy (non-hydrogen) atoms. The maximum absolute atomic E-state index is 13.6. The Morgan fingerprint density at radius 1 is 1.20 bits per heavy atom. The summed E-state index contributed by atoms with van der Waals surface area (Å²) in [6, 6.07) is 12.8. The summed E-state index contributed by atoms with van der Waals surface area (Å²) in [5, 5.41) is 3.07. The Morgan fingerprint density at radius 2 is 1.92 bits per heavy atom. The summed E-state index contributed by atoms with van der Waals surface area (Å²) in [5.74, 6) is 0.992. The molecule has 0 aliphatic heterocycles. The van der Waals surface area contributed by atoms with Gasteiger partial charge in [0.2, 0.25) is 0 Å². The number of nitrogens with one attached hydrogen (secondary N) is 1. The van der Waals surface area contributed by atoms with Gasteiger partial charge < -0.3 is 15.8 Å². The summed E-state index contributed by atoms with van der Waals surface area (Å²) in [6.07, 6.45) is 1.34. The van der Waals surface area contributed by atoms with Crippen LogP contribution in [0.4, 0.5) is 4.39 Å². The molecule has 0 saturated carbocycles. The first kappa shape index (κ1) is 21.7. The number of aliphatic imine (C=N–C) groups is 1. The van der Waals surface area contributed by atoms with E-state index < -0.39 is 0 Å². The van der Waals surface area contributed by atoms with E-state index in [1.54, 1.807) is 19.2 Å². The maximum Gasteiger partial charge on any atom is 0.188 e. The van der Waals surface area contributed by atoms with Gasteiger partial charge in [-0.1, -0.05) is 28.1 Å². The van der Waals surface area contributed by atoms with Gasteiger partial charge in [0.25, 0.3) is 0 Å². The van der Waals surface area contributed by atoms with E-state index in [-0.39, 0.29) is 29.8 Å². The highest BCUT2D eigenvalue weighted by Crippen LogP contribution is 2.16. The molecule has 0 unspecified atom stereocenters. The lowest BCUT2D eigenvalue weighted by Crippen LogP contribution is -2.33. The number of hydrogen-bond acceptors (Lipinski definition) is 2. The van der Waals surface area contributed by atoms with Crippen LogP contribution in [0.5, 0.6) is 5.75 Å². The minimum atomic E-state index is -0.223. The van der Waals surface area contributed by atoms with Gasteiger partial charge in [0.15, 0.2) is 5.96 Å². The molecule has 7 heteroatoms. The van der Waals surface area contributed by atoms with Gasteiger partial charge in [0, 0.05) is 17.6 Å². The molecule has 0 heterocycles. The molecule has 2 aromatic rings. The molecule has 0 atom stereocenters. The van der Waals surface area contributed by atoms with Crippen LogP contribution in [-0.2, 0) is 12.8 Å². The van der Waals surface area contributed by atoms with E-state index in [0.717, 1.165) is 16.6 Å². The van der Waals surface area contributed by atoms with Crippen molar-refractivity contribution in [2.24, 2.45) is 10.7 Å². The number of hydrogen-bond donors (Lipinski definition) is 2. The summed E-state index contributed by atoms with van der Waals surface area (Å²) in [5.41, 5.74) is 7.64. The van der Waals surface area contributed by atoms with E-state index in [0.29, 0.717) is 31.0 Å². The van der Waals surface area contributed by atoms with Gasteiger partial charge in [-0.15, -0.1) is 24.0 Å². The third-order valence-electron chi connectivity index (χ3n) is 3.55. The quantitative estimate of drug-likeness (QED) is 0.330. The molecule has 3 N–H and O–H groups in total. The largest absolute Gasteiger partial charge is 0.497 e. The molecule has 0 aliphatic carbocycles. The second-order valence-electron chi connectivity index (χ2n) is 5.28. The summed E-state index contributed by atoms with van der Waals surface area (Å²) in [6.45, 7) is 1.13. The fourth-order valence-electron chi connectivity index (χ4n) is 2.21. The standard InChI is InChI=1S/C18H21BrFN3O.HI/c1-24-16-5-2-13(3-6-16)8-10-22-18(21)23-11-9-14-12-15(19)4-7-17(14)20;/h2-7,12H,8-11H2,1H3,(H3,21,22,23);1H. The smallest absolute Gasteiger partial charge is 0.188 e. The summed E-state index contributed by atoms with van der Waals surface area (Å²) >= 11 is 3.34. The first-order valence-corrected chi connectivity index (χ1v) is 8.48. The Morgan fingerprint density at radius 3 is 2.60 bits per heavy atom. The molecule has 0 fully saturated rings. The van der Waals surface area contributed by atoms with Gasteiger partial charge in [0.05, 0.1) is 7.11 Å². The Kier molecular flexibility index (Phi) is 9.81. The van der Waals surface area contributed by atoms with Crippen LogP contribution in [0.15, 0.2) is 51.9 Å². The van der Waals surface area contributed by atoms with Crippen molar-refractivity contribution in [1.82, 2.24) is 5.32 Å². The molecule has 136 valence electrons. The minimum Gasteiger partial charge on any atom is -0.497 e. The Balaban J connectivity index is 0.00000312. The highest BCUT2D eigenvalue weighted by molar-refractivity contribution is 14.0. The number of halogens is 3. The summed E-state index contributed by atoms with van der Waals surface area (Å²) in [7, 11) is 1.65. The molecule has 0 spiro atoms. The lowest BCUT2D eigenvalue weighted by atomic mass is 10.1. The van der Waals surface area contributed by atoms with Crippen LogP contribution in [0.25, 0.3) is 0 Å². The maximum atomic E-state index is 13.6. The van der Waals surface area contributed by atoms with Crippen LogP contribution in [0.3, 0.4) is 0 Å². The van der Waals surface area contributed by atoms with Crippen molar-refractivity contribution in [1.29, 1.82) is 0 Å². The van der Waals surface area contributed by atoms with Crippen molar-refractivity contribution in [3.05, 3.63) is 63.9 Å². The number of methoxy groups -OCH3 is 1. The van der Waals surface area contributed by atoms with Crippen molar-refractivity contribution in [2.75, 3.05) is 20.2 Å². The third kappa shape index (κ3) is 7.60. The average molecular weight is 522 g/mol. The normalized spacial score (nSPS) is 10.9. The molecule has 0 aromatic heterocycles. The number of rotatable bonds is 7. The molecule has 0 radical (unpaired) electrons. The van der Waals surface area contributed by atoms with Gasteiger partial charge in [-0.05, 0) is 54.3 Å². The summed E-state index contributed by atoms with van der Waals surface area (Å²) in [4.78, 5) is 4.23. The highest BCUT2D eigenvalue weighted by Gasteiger charge is 2.02. The Bertz CT molecular complexity index is 695. The molecule has 0 saturated heterocycles. The molecule has 2 aromatic carbocycles. The van der Waals surface area contributed by atoms with E-state index in [2.05, 4.69) is 26.2 Å². The van der Waals surface area contributed by atoms with Crippen molar-refractivity contribution in [2.45, 2.75) is 12.8 Å². The van der Waals surface area contributed by atoms with Crippen LogP contribution in [0.1, 0.15) is 11.1 Å². The van der Waals surface area contributed by atoms with Crippen LogP contribution < -0.4 is 15.8 Å². The van der Waals surface area contributed by atoms with Gasteiger partial charge in [-0.2, -0.15) is 0 Å². The average Bonchev–Trinajstić information content (AvgIpc) is 2.58. The SMILES string of the molecule is COc1ccc(CCNC(N)=NCCc2cc(Br)ccc2F)cc1.I. The molecule has 4 nitrogen and oxygen atoms in total. The van der Waals surface area contributed by atoms with Gasteiger partial charge >= 0.3 is 0 Å². The van der Waals surface area contributed by atoms with E-state index in [1.807, 2.05) is 24.3 Å². The first-order chi connectivity index (χ1) is 11.6. The monoisotopic (exact) mass is 521 g/mol. The topological polar surface area (TPSA) is 59.6 Å². The Labute approximate surface area is 173 Å². The van der Waals surface area contributed by atoms with Gasteiger partial charge in [-0.25, -0.2) is 4.39 Å². The van der Waals surface area contributed by atoms with Gasteiger partial charge in [0.1, 0.15) is 11.6 Å². The minimum absolute atomic E-state index is 0. The molecule has 2 rings (SSSR count). The van der Waals surface area contributed by atoms with Crippen molar-refractivity contribution < 1.29 is 9.13 Å². The summed E-state index contributed by atoms with van der Waals surface area (Å²) < 4.78 is 19.6. The van der Waals surface area contributed by atoms with Crippen LogP contribution in [-0.4, -0.2) is 26.2 Å². The second kappa shape index (κ2) is 11.3. The van der Waals surface area contributed by atoms with Gasteiger partial charge in [-0.3, -0.25) is 4.99 Å². The van der Waals surface area contributed by atoms with Crippen LogP contribution >= 0.6 is 39.9 Å². The lowest BCUT2D eigenvalue weighted by molar-refractivity contribution is 0.414. The number of benzene rings is 2. The predicted molar refractivity (Wildman–Crippen MR) is 114 cm³/mol. The molecule has 0 aliphatic rings. The number of guanidine groups is 1. The number of ether oxygens (including phenoxy) is 1. The molecular formula is C18H22BrFIN3O. The van der Waals surface area contributed by atoms with E-state index in [1.165, 1.54) is 11.6 Å². The zero-order valence-electron chi connectivity index (χ0n) is 14.0. The second-order valence-corrected chi connectivity index (χ2v) is 6.19. The molecular weight excluding hydrogens is 500 g/mol. The number of nitrogens with zero attached hydrogens (tertiary/aromatic N) is 1. The fourth-order valence-corrected chi connectivity index (χ4v) is 2.62. The zero-order chi connectivity index (χ0) is 17.4. The fraction of sp³-hybridized carbons (Fsp3) is 0.278. The molecule has 0 amide bonds. The molecule has 0 bridgehead atoms. The van der Waals surface area contributed by atoms with E-state index >= 15 is 0 Å². The lowest BCUT2D eigenvalue weighted by Gasteiger charge is -2.07. The van der Waals surface area contributed by atoms with Crippen molar-refractivity contribution in [3.8, 4) is 5.75 Å². The zero-order valence-corrected chi connectivity index (χ0v) is 17.9. The van der Waals surface area contributed by atoms with Crippen molar-refractivity contribution in [3.63, 3.8) is 0 Å². The van der Waals surface area contributed by atoms with Crippen molar-refractivity contribution >= 4 is 45.9 Å². The van der Waals surface area contributed by atoms with Crippen LogP contribution in [0, 0.1) is 5.82 Å². The van der Waals surface area contributed by atoms with Crippen LogP contribution in [0.2, 0.25) is 0 Å². The Hall–Kier alpha value is -1.35. The third-order valence-corrected chi connectivity index (χ3v) is 4.04. The number of nitrogens with two attached hydrogens (primary N) is 1.